The van der Waals surface area contributed by atoms with Crippen LogP contribution < -0.4 is 10.6 Å². The third-order valence-electron chi connectivity index (χ3n) is 3.14. The Kier molecular flexibility index (Phi) is 4.05. The van der Waals surface area contributed by atoms with E-state index in [4.69, 9.17) is 18.0 Å². The molecule has 1 aromatic carbocycles. The average molecular weight is 313 g/mol. The van der Waals surface area contributed by atoms with Crippen LogP contribution in [0.5, 0.6) is 0 Å². The third kappa shape index (κ3) is 3.19. The lowest BCUT2D eigenvalue weighted by atomic mass is 10.2. The highest BCUT2D eigenvalue weighted by Crippen LogP contribution is 2.32. The summed E-state index contributed by atoms with van der Waals surface area (Å²) >= 11 is 8.53. The first-order valence-corrected chi connectivity index (χ1v) is 7.16. The van der Waals surface area contributed by atoms with Gasteiger partial charge < -0.3 is 10.6 Å². The van der Waals surface area contributed by atoms with E-state index in [0.717, 1.165) is 29.0 Å². The van der Waals surface area contributed by atoms with Gasteiger partial charge in [-0.3, -0.25) is 0 Å². The van der Waals surface area contributed by atoms with Crippen LogP contribution in [0, 0.1) is 5.92 Å². The van der Waals surface area contributed by atoms with Gasteiger partial charge in [-0.2, -0.15) is 0 Å². The number of benzene rings is 1. The predicted molar refractivity (Wildman–Crippen MR) is 80.6 cm³/mol. The molecule has 1 aliphatic rings. The first-order valence-electron chi connectivity index (χ1n) is 5.96. The molecule has 0 amide bonds. The van der Waals surface area contributed by atoms with Crippen LogP contribution in [-0.4, -0.2) is 18.1 Å². The van der Waals surface area contributed by atoms with E-state index in [1.807, 2.05) is 6.07 Å². The van der Waals surface area contributed by atoms with E-state index in [9.17, 15) is 0 Å². The smallest absolute Gasteiger partial charge is 0.105 e. The van der Waals surface area contributed by atoms with Gasteiger partial charge in [0.25, 0.3) is 0 Å². The van der Waals surface area contributed by atoms with Crippen LogP contribution in [0.1, 0.15) is 25.3 Å². The zero-order valence-electron chi connectivity index (χ0n) is 9.95. The molecule has 0 bridgehead atoms. The van der Waals surface area contributed by atoms with Crippen molar-refractivity contribution < 1.29 is 0 Å². The van der Waals surface area contributed by atoms with E-state index in [0.29, 0.717) is 4.99 Å². The maximum absolute atomic E-state index is 5.65. The number of nitrogens with two attached hydrogens (primary N) is 1. The number of hydrogen-bond acceptors (Lipinski definition) is 2. The molecular weight excluding hydrogens is 296 g/mol. The van der Waals surface area contributed by atoms with Gasteiger partial charge in [0, 0.05) is 28.8 Å². The number of nitrogens with zero attached hydrogens (tertiary/aromatic N) is 1. The number of rotatable bonds is 5. The van der Waals surface area contributed by atoms with Crippen molar-refractivity contribution in [2.75, 3.05) is 18.0 Å². The fourth-order valence-corrected chi connectivity index (χ4v) is 2.82. The van der Waals surface area contributed by atoms with Crippen LogP contribution in [0.3, 0.4) is 0 Å². The van der Waals surface area contributed by atoms with Gasteiger partial charge in [-0.1, -0.05) is 12.2 Å². The van der Waals surface area contributed by atoms with Crippen LogP contribution in [0.4, 0.5) is 5.69 Å². The van der Waals surface area contributed by atoms with Crippen LogP contribution in [0.2, 0.25) is 0 Å². The highest BCUT2D eigenvalue weighted by atomic mass is 79.9. The topological polar surface area (TPSA) is 29.3 Å². The molecule has 0 spiro atoms. The van der Waals surface area contributed by atoms with Gasteiger partial charge in [-0.15, -0.1) is 0 Å². The Morgan fingerprint density at radius 3 is 2.71 bits per heavy atom. The Labute approximate surface area is 116 Å². The molecule has 17 heavy (non-hydrogen) atoms. The van der Waals surface area contributed by atoms with E-state index >= 15 is 0 Å². The highest BCUT2D eigenvalue weighted by molar-refractivity contribution is 9.10. The molecule has 0 atom stereocenters. The van der Waals surface area contributed by atoms with Crippen LogP contribution >= 0.6 is 28.1 Å². The van der Waals surface area contributed by atoms with Gasteiger partial charge in [0.2, 0.25) is 0 Å². The van der Waals surface area contributed by atoms with Crippen molar-refractivity contribution in [3.8, 4) is 0 Å². The van der Waals surface area contributed by atoms with Gasteiger partial charge in [0.15, 0.2) is 0 Å². The molecule has 2 rings (SSSR count). The molecule has 0 unspecified atom stereocenters. The lowest BCUT2D eigenvalue weighted by Gasteiger charge is -2.23. The zero-order chi connectivity index (χ0) is 12.4. The Morgan fingerprint density at radius 1 is 1.53 bits per heavy atom. The summed E-state index contributed by atoms with van der Waals surface area (Å²) < 4.78 is 0.983. The molecule has 0 radical (unpaired) electrons. The summed E-state index contributed by atoms with van der Waals surface area (Å²) in [4.78, 5) is 2.85. The minimum atomic E-state index is 0.439. The van der Waals surface area contributed by atoms with Gasteiger partial charge in [-0.05, 0) is 59.8 Å². The largest absolute Gasteiger partial charge is 0.389 e. The maximum atomic E-state index is 5.65. The summed E-state index contributed by atoms with van der Waals surface area (Å²) in [5.41, 5.74) is 7.80. The maximum Gasteiger partial charge on any atom is 0.105 e. The number of halogens is 1. The molecule has 0 aliphatic heterocycles. The van der Waals surface area contributed by atoms with Crippen molar-refractivity contribution in [3.05, 3.63) is 28.2 Å². The molecule has 2 N–H and O–H groups in total. The summed E-state index contributed by atoms with van der Waals surface area (Å²) in [5.74, 6) is 0.893. The Bertz CT molecular complexity index is 429. The second-order valence-electron chi connectivity index (χ2n) is 4.51. The van der Waals surface area contributed by atoms with Crippen LogP contribution in [-0.2, 0) is 0 Å². The summed E-state index contributed by atoms with van der Waals surface area (Å²) in [6.45, 7) is 4.39. The van der Waals surface area contributed by atoms with Crippen molar-refractivity contribution in [2.24, 2.45) is 11.7 Å². The van der Waals surface area contributed by atoms with E-state index in [1.165, 1.54) is 18.5 Å². The van der Waals surface area contributed by atoms with Crippen LogP contribution in [0.25, 0.3) is 0 Å². The molecule has 0 saturated heterocycles. The number of thiocarbonyl (C=S) groups is 1. The van der Waals surface area contributed by atoms with Crippen molar-refractivity contribution in [1.29, 1.82) is 0 Å². The quantitative estimate of drug-likeness (QED) is 0.846. The predicted octanol–water partition coefficient (Wildman–Crippen LogP) is 3.32. The highest BCUT2D eigenvalue weighted by Gasteiger charge is 2.24. The van der Waals surface area contributed by atoms with Gasteiger partial charge in [0.1, 0.15) is 4.99 Å². The van der Waals surface area contributed by atoms with Gasteiger partial charge in [-0.25, -0.2) is 0 Å². The van der Waals surface area contributed by atoms with Gasteiger partial charge >= 0.3 is 0 Å². The van der Waals surface area contributed by atoms with Crippen LogP contribution in [0.15, 0.2) is 22.7 Å². The lowest BCUT2D eigenvalue weighted by molar-refractivity contribution is 0.742. The van der Waals surface area contributed by atoms with E-state index in [-0.39, 0.29) is 0 Å². The summed E-state index contributed by atoms with van der Waals surface area (Å²) in [5, 5.41) is 0. The lowest BCUT2D eigenvalue weighted by Crippen LogP contribution is -2.25. The van der Waals surface area contributed by atoms with Gasteiger partial charge in [0.05, 0.1) is 0 Å². The Morgan fingerprint density at radius 2 is 2.24 bits per heavy atom. The van der Waals surface area contributed by atoms with E-state index < -0.39 is 0 Å². The summed E-state index contributed by atoms with van der Waals surface area (Å²) in [6, 6.07) is 6.21. The standard InChI is InChI=1S/C13H17BrN2S/c1-2-16(8-9-3-4-9)10-5-6-11(13(15)17)12(14)7-10/h5-7,9H,2-4,8H2,1H3,(H2,15,17). The molecule has 0 heterocycles. The minimum Gasteiger partial charge on any atom is -0.389 e. The van der Waals surface area contributed by atoms with Crippen molar-refractivity contribution in [2.45, 2.75) is 19.8 Å². The molecule has 1 saturated carbocycles. The van der Waals surface area contributed by atoms with Crippen molar-refractivity contribution in [1.82, 2.24) is 0 Å². The molecule has 92 valence electrons. The van der Waals surface area contributed by atoms with E-state index in [2.05, 4.69) is 39.9 Å². The molecule has 2 nitrogen and oxygen atoms in total. The second-order valence-corrected chi connectivity index (χ2v) is 5.80. The molecule has 1 fully saturated rings. The van der Waals surface area contributed by atoms with Crippen molar-refractivity contribution in [3.63, 3.8) is 0 Å². The summed E-state index contributed by atoms with van der Waals surface area (Å²) in [6.07, 6.45) is 2.76. The average Bonchev–Trinajstić information content (AvgIpc) is 3.09. The number of anilines is 1. The second kappa shape index (κ2) is 5.36. The van der Waals surface area contributed by atoms with Crippen molar-refractivity contribution >= 4 is 38.8 Å². The zero-order valence-corrected chi connectivity index (χ0v) is 12.4. The molecule has 0 aromatic heterocycles. The first kappa shape index (κ1) is 12.8. The Balaban J connectivity index is 2.19. The fraction of sp³-hybridized carbons (Fsp3) is 0.462. The van der Waals surface area contributed by atoms with E-state index in [1.54, 1.807) is 0 Å². The monoisotopic (exact) mass is 312 g/mol. The number of hydrogen-bond donors (Lipinski definition) is 1. The molecular formula is C13H17BrN2S. The molecule has 1 aromatic rings. The summed E-state index contributed by atoms with van der Waals surface area (Å²) in [7, 11) is 0. The fourth-order valence-electron chi connectivity index (χ4n) is 1.93. The molecule has 1 aliphatic carbocycles. The molecule has 4 heteroatoms. The normalized spacial score (nSPS) is 14.7. The first-order chi connectivity index (χ1) is 8.11. The minimum absolute atomic E-state index is 0.439. The Hall–Kier alpha value is -0.610. The SMILES string of the molecule is CCN(CC1CC1)c1ccc(C(N)=S)c(Br)c1. The third-order valence-corrected chi connectivity index (χ3v) is 4.02.